The van der Waals surface area contributed by atoms with E-state index in [0.29, 0.717) is 6.04 Å². The molecule has 3 heteroatoms. The summed E-state index contributed by atoms with van der Waals surface area (Å²) in [6.45, 7) is 7.85. The molecule has 0 spiro atoms. The lowest BCUT2D eigenvalue weighted by Gasteiger charge is -2.21. The third-order valence-electron chi connectivity index (χ3n) is 3.36. The molecule has 0 bridgehead atoms. The molecular formula is C14H27N3. The normalized spacial score (nSPS) is 13.2. The van der Waals surface area contributed by atoms with Crippen LogP contribution in [0.2, 0.25) is 0 Å². The molecule has 0 aliphatic rings. The summed E-state index contributed by atoms with van der Waals surface area (Å²) >= 11 is 0. The van der Waals surface area contributed by atoms with E-state index in [1.165, 1.54) is 25.1 Å². The van der Waals surface area contributed by atoms with Crippen molar-refractivity contribution in [3.63, 3.8) is 0 Å². The number of rotatable bonds is 8. The zero-order valence-corrected chi connectivity index (χ0v) is 11.7. The van der Waals surface area contributed by atoms with Crippen molar-refractivity contribution in [2.75, 3.05) is 6.54 Å². The Labute approximate surface area is 106 Å². The third kappa shape index (κ3) is 4.90. The van der Waals surface area contributed by atoms with Crippen LogP contribution < -0.4 is 5.32 Å². The van der Waals surface area contributed by atoms with E-state index in [9.17, 15) is 0 Å². The summed E-state index contributed by atoms with van der Waals surface area (Å²) in [7, 11) is 2.07. The molecule has 17 heavy (non-hydrogen) atoms. The molecule has 1 unspecified atom stereocenters. The molecule has 1 N–H and O–H groups in total. The Hall–Kier alpha value is -0.830. The Morgan fingerprint density at radius 3 is 2.65 bits per heavy atom. The van der Waals surface area contributed by atoms with Crippen LogP contribution in [0.5, 0.6) is 0 Å². The molecule has 0 aliphatic carbocycles. The monoisotopic (exact) mass is 237 g/mol. The van der Waals surface area contributed by atoms with Gasteiger partial charge in [-0.1, -0.05) is 27.2 Å². The van der Waals surface area contributed by atoms with Crippen LogP contribution in [0.4, 0.5) is 0 Å². The van der Waals surface area contributed by atoms with Gasteiger partial charge in [0.05, 0.1) is 0 Å². The number of nitrogens with one attached hydrogen (secondary N) is 1. The quantitative estimate of drug-likeness (QED) is 0.705. The van der Waals surface area contributed by atoms with Crippen molar-refractivity contribution < 1.29 is 0 Å². The predicted molar refractivity (Wildman–Crippen MR) is 73.1 cm³/mol. The number of imidazole rings is 1. The minimum atomic E-state index is 0.668. The highest BCUT2D eigenvalue weighted by Crippen LogP contribution is 2.11. The average Bonchev–Trinajstić information content (AvgIpc) is 2.68. The number of unbranched alkanes of at least 4 members (excludes halogenated alkanes) is 1. The summed E-state index contributed by atoms with van der Waals surface area (Å²) in [6.07, 6.45) is 8.79. The molecular weight excluding hydrogens is 210 g/mol. The lowest BCUT2D eigenvalue weighted by molar-refractivity contribution is 0.372. The lowest BCUT2D eigenvalue weighted by atomic mass is 9.98. The fourth-order valence-corrected chi connectivity index (χ4v) is 2.22. The number of nitrogens with zero attached hydrogens (tertiary/aromatic N) is 2. The fourth-order valence-electron chi connectivity index (χ4n) is 2.22. The molecule has 0 aliphatic heterocycles. The highest BCUT2D eigenvalue weighted by atomic mass is 15.0. The summed E-state index contributed by atoms with van der Waals surface area (Å²) < 4.78 is 2.12. The van der Waals surface area contributed by atoms with Crippen molar-refractivity contribution in [1.29, 1.82) is 0 Å². The highest BCUT2D eigenvalue weighted by Gasteiger charge is 2.11. The first-order valence-electron chi connectivity index (χ1n) is 6.84. The number of hydrogen-bond acceptors (Lipinski definition) is 2. The standard InChI is InChI=1S/C14H27N3/c1-5-15-13(12(2)3)8-6-7-9-14-16-10-11-17(14)4/h10-13,15H,5-9H2,1-4H3. The van der Waals surface area contributed by atoms with Crippen molar-refractivity contribution in [2.24, 2.45) is 13.0 Å². The Morgan fingerprint density at radius 2 is 2.12 bits per heavy atom. The highest BCUT2D eigenvalue weighted by molar-refractivity contribution is 4.90. The van der Waals surface area contributed by atoms with Gasteiger partial charge in [0, 0.05) is 31.9 Å². The minimum absolute atomic E-state index is 0.668. The van der Waals surface area contributed by atoms with E-state index in [-0.39, 0.29) is 0 Å². The molecule has 0 saturated heterocycles. The SMILES string of the molecule is CCNC(CCCCc1nccn1C)C(C)C. The number of aromatic nitrogens is 2. The summed E-state index contributed by atoms with van der Waals surface area (Å²) in [5.41, 5.74) is 0. The first kappa shape index (κ1) is 14.2. The second-order valence-electron chi connectivity index (χ2n) is 5.11. The van der Waals surface area contributed by atoms with Crippen LogP contribution in [0, 0.1) is 5.92 Å². The predicted octanol–water partition coefficient (Wildman–Crippen LogP) is 2.77. The second-order valence-corrected chi connectivity index (χ2v) is 5.11. The zero-order valence-electron chi connectivity index (χ0n) is 11.7. The van der Waals surface area contributed by atoms with Crippen molar-refractivity contribution in [3.05, 3.63) is 18.2 Å². The van der Waals surface area contributed by atoms with E-state index < -0.39 is 0 Å². The van der Waals surface area contributed by atoms with Gasteiger partial charge >= 0.3 is 0 Å². The van der Waals surface area contributed by atoms with Gasteiger partial charge in [0.1, 0.15) is 5.82 Å². The topological polar surface area (TPSA) is 29.9 Å². The van der Waals surface area contributed by atoms with E-state index in [4.69, 9.17) is 0 Å². The summed E-state index contributed by atoms with van der Waals surface area (Å²) in [5.74, 6) is 1.93. The first-order chi connectivity index (χ1) is 8.15. The number of hydrogen-bond donors (Lipinski definition) is 1. The van der Waals surface area contributed by atoms with Gasteiger partial charge in [-0.3, -0.25) is 0 Å². The molecule has 1 atom stereocenters. The largest absolute Gasteiger partial charge is 0.338 e. The molecule has 1 aromatic rings. The van der Waals surface area contributed by atoms with E-state index >= 15 is 0 Å². The summed E-state index contributed by atoms with van der Waals surface area (Å²) in [5, 5.41) is 3.57. The first-order valence-corrected chi connectivity index (χ1v) is 6.84. The molecule has 0 saturated carbocycles. The van der Waals surface area contributed by atoms with Gasteiger partial charge in [0.15, 0.2) is 0 Å². The van der Waals surface area contributed by atoms with Crippen LogP contribution in [0.15, 0.2) is 12.4 Å². The molecule has 3 nitrogen and oxygen atoms in total. The van der Waals surface area contributed by atoms with Gasteiger partial charge in [0.2, 0.25) is 0 Å². The van der Waals surface area contributed by atoms with Gasteiger partial charge in [-0.2, -0.15) is 0 Å². The van der Waals surface area contributed by atoms with E-state index in [2.05, 4.69) is 42.7 Å². The van der Waals surface area contributed by atoms with Gasteiger partial charge in [0.25, 0.3) is 0 Å². The molecule has 1 rings (SSSR count). The van der Waals surface area contributed by atoms with Crippen LogP contribution >= 0.6 is 0 Å². The van der Waals surface area contributed by atoms with Crippen LogP contribution in [0.3, 0.4) is 0 Å². The van der Waals surface area contributed by atoms with Crippen molar-refractivity contribution >= 4 is 0 Å². The van der Waals surface area contributed by atoms with E-state index in [1.807, 2.05) is 12.4 Å². The van der Waals surface area contributed by atoms with E-state index in [0.717, 1.165) is 18.9 Å². The average molecular weight is 237 g/mol. The van der Waals surface area contributed by atoms with Crippen LogP contribution in [0.1, 0.15) is 45.9 Å². The molecule has 1 heterocycles. The lowest BCUT2D eigenvalue weighted by Crippen LogP contribution is -2.33. The van der Waals surface area contributed by atoms with Crippen molar-refractivity contribution in [3.8, 4) is 0 Å². The Bertz CT molecular complexity index is 304. The molecule has 0 aromatic carbocycles. The number of aryl methyl sites for hydroxylation is 2. The molecule has 1 aromatic heterocycles. The van der Waals surface area contributed by atoms with Crippen LogP contribution in [-0.2, 0) is 13.5 Å². The van der Waals surface area contributed by atoms with Crippen LogP contribution in [-0.4, -0.2) is 22.1 Å². The minimum Gasteiger partial charge on any atom is -0.338 e. The van der Waals surface area contributed by atoms with Crippen molar-refractivity contribution in [2.45, 2.75) is 52.5 Å². The fraction of sp³-hybridized carbons (Fsp3) is 0.786. The van der Waals surface area contributed by atoms with Crippen LogP contribution in [0.25, 0.3) is 0 Å². The Kier molecular flexibility index (Phi) is 6.27. The zero-order chi connectivity index (χ0) is 12.7. The summed E-state index contributed by atoms with van der Waals surface area (Å²) in [6, 6.07) is 0.668. The molecule has 0 amide bonds. The van der Waals surface area contributed by atoms with Gasteiger partial charge in [-0.25, -0.2) is 4.98 Å². The molecule has 0 radical (unpaired) electrons. The molecule has 0 fully saturated rings. The van der Waals surface area contributed by atoms with Gasteiger partial charge in [-0.15, -0.1) is 0 Å². The smallest absolute Gasteiger partial charge is 0.108 e. The van der Waals surface area contributed by atoms with E-state index in [1.54, 1.807) is 0 Å². The molecule has 98 valence electrons. The maximum absolute atomic E-state index is 4.35. The summed E-state index contributed by atoms with van der Waals surface area (Å²) in [4.78, 5) is 4.35. The maximum Gasteiger partial charge on any atom is 0.108 e. The Morgan fingerprint density at radius 1 is 1.35 bits per heavy atom. The van der Waals surface area contributed by atoms with Gasteiger partial charge in [-0.05, 0) is 25.3 Å². The van der Waals surface area contributed by atoms with Crippen molar-refractivity contribution in [1.82, 2.24) is 14.9 Å². The second kappa shape index (κ2) is 7.49. The maximum atomic E-state index is 4.35. The van der Waals surface area contributed by atoms with Gasteiger partial charge < -0.3 is 9.88 Å². The Balaban J connectivity index is 2.20. The third-order valence-corrected chi connectivity index (χ3v) is 3.36.